The molecular weight excluding hydrogens is 773 g/mol. The summed E-state index contributed by atoms with van der Waals surface area (Å²) in [7, 11) is 0. The highest BCUT2D eigenvalue weighted by Crippen LogP contribution is 2.58. The molecule has 0 bridgehead atoms. The molecule has 2 atom stereocenters. The Kier molecular flexibility index (Phi) is 7.79. The summed E-state index contributed by atoms with van der Waals surface area (Å²) in [6, 6.07) is 66.9. The van der Waals surface area contributed by atoms with E-state index in [2.05, 4.69) is 200 Å². The number of ether oxygens (including phenoxy) is 1. The molecule has 0 spiro atoms. The smallest absolute Gasteiger partial charge is 0.159 e. The molecule has 13 rings (SSSR count). The number of fused-ring (bicyclic) bond motifs is 13. The number of hydrogen-bond acceptors (Lipinski definition) is 5. The predicted molar refractivity (Wildman–Crippen MR) is 258 cm³/mol. The summed E-state index contributed by atoms with van der Waals surface area (Å²) in [5.74, 6) is 0.791. The molecule has 2 aliphatic rings. The zero-order valence-electron chi connectivity index (χ0n) is 34.7. The van der Waals surface area contributed by atoms with Crippen molar-refractivity contribution in [3.63, 3.8) is 0 Å². The zero-order chi connectivity index (χ0) is 41.8. The highest BCUT2D eigenvalue weighted by Gasteiger charge is 2.42. The summed E-state index contributed by atoms with van der Waals surface area (Å²) in [6.07, 6.45) is 2.21. The van der Waals surface area contributed by atoms with Crippen LogP contribution >= 0.6 is 0 Å². The van der Waals surface area contributed by atoms with Crippen molar-refractivity contribution < 1.29 is 13.6 Å². The molecule has 2 unspecified atom stereocenters. The zero-order valence-corrected chi connectivity index (χ0v) is 34.7. The normalized spacial score (nSPS) is 15.4. The summed E-state index contributed by atoms with van der Waals surface area (Å²) in [5, 5.41) is 6.66. The second-order valence-electron chi connectivity index (χ2n) is 16.9. The first-order valence-corrected chi connectivity index (χ1v) is 21.6. The van der Waals surface area contributed by atoms with Gasteiger partial charge in [0, 0.05) is 67.0 Å². The Morgan fingerprint density at radius 1 is 0.429 bits per heavy atom. The van der Waals surface area contributed by atoms with Crippen LogP contribution < -0.4 is 14.5 Å². The molecule has 5 nitrogen and oxygen atoms in total. The minimum atomic E-state index is -0.230. The SMILES string of the molecule is Cc1ccc(N(C2=CC3c4c(cc(N(c5ccc(C)cc5)c5cccc6c5oc5ccccc56)c5ccccc45)OC3c3ccccc32)c2cccc3c2oc2ccccc23)cc1. The fourth-order valence-electron chi connectivity index (χ4n) is 10.2. The highest BCUT2D eigenvalue weighted by molar-refractivity contribution is 6.13. The summed E-state index contributed by atoms with van der Waals surface area (Å²) in [5.41, 5.74) is 15.5. The van der Waals surface area contributed by atoms with Gasteiger partial charge in [0.05, 0.1) is 22.8 Å². The Hall–Kier alpha value is -8.02. The average Bonchev–Trinajstić information content (AvgIpc) is 4.03. The summed E-state index contributed by atoms with van der Waals surface area (Å²) in [4.78, 5) is 4.74. The maximum Gasteiger partial charge on any atom is 0.159 e. The van der Waals surface area contributed by atoms with E-state index in [-0.39, 0.29) is 12.0 Å². The molecule has 1 aliphatic heterocycles. The average molecular weight is 813 g/mol. The number of benzene rings is 9. The fourth-order valence-corrected chi connectivity index (χ4v) is 10.2. The molecule has 3 heterocycles. The van der Waals surface area contributed by atoms with E-state index >= 15 is 0 Å². The number of furan rings is 2. The van der Waals surface area contributed by atoms with Crippen molar-refractivity contribution in [2.45, 2.75) is 25.9 Å². The van der Waals surface area contributed by atoms with Crippen molar-refractivity contribution in [2.75, 3.05) is 9.80 Å². The van der Waals surface area contributed by atoms with Crippen molar-refractivity contribution in [2.24, 2.45) is 0 Å². The van der Waals surface area contributed by atoms with Gasteiger partial charge in [-0.05, 0) is 73.8 Å². The van der Waals surface area contributed by atoms with Gasteiger partial charge in [-0.15, -0.1) is 0 Å². The molecule has 0 saturated heterocycles. The Labute approximate surface area is 364 Å². The molecule has 63 heavy (non-hydrogen) atoms. The van der Waals surface area contributed by atoms with Crippen LogP contribution in [0.4, 0.5) is 28.4 Å². The lowest BCUT2D eigenvalue weighted by Gasteiger charge is -2.34. The minimum absolute atomic E-state index is 0.0849. The second kappa shape index (κ2) is 13.7. The number of rotatable bonds is 6. The van der Waals surface area contributed by atoms with Crippen LogP contribution in [-0.4, -0.2) is 0 Å². The molecule has 0 radical (unpaired) electrons. The van der Waals surface area contributed by atoms with Gasteiger partial charge >= 0.3 is 0 Å². The monoisotopic (exact) mass is 812 g/mol. The summed E-state index contributed by atoms with van der Waals surface area (Å²) < 4.78 is 20.8. The standard InChI is InChI=1S/C58H40N2O3/c1-35-25-29-37(30-26-35)59(48-21-11-19-45-41-15-7-9-23-52(41)61-57(45)48)50-33-47-55-43-17-5-3-13-39(43)51(34-54(55)63-56(47)44-18-6-4-14-40(44)50)60(38-31-27-36(2)28-32-38)49-22-12-20-46-42-16-8-10-24-53(42)62-58(46)49/h3-34,47,56H,1-2H3. The number of nitrogens with zero attached hydrogens (tertiary/aromatic N) is 2. The molecule has 9 aromatic carbocycles. The van der Waals surface area contributed by atoms with E-state index in [0.717, 1.165) is 106 Å². The Morgan fingerprint density at radius 3 is 1.57 bits per heavy atom. The van der Waals surface area contributed by atoms with E-state index in [1.807, 2.05) is 18.2 Å². The maximum atomic E-state index is 7.30. The van der Waals surface area contributed by atoms with E-state index in [4.69, 9.17) is 13.6 Å². The van der Waals surface area contributed by atoms with Gasteiger partial charge in [-0.25, -0.2) is 0 Å². The van der Waals surface area contributed by atoms with E-state index < -0.39 is 0 Å². The lowest BCUT2D eigenvalue weighted by Crippen LogP contribution is -2.23. The summed E-state index contributed by atoms with van der Waals surface area (Å²) >= 11 is 0. The van der Waals surface area contributed by atoms with Crippen molar-refractivity contribution in [3.05, 3.63) is 222 Å². The number of hydrogen-bond donors (Lipinski definition) is 0. The first-order valence-electron chi connectivity index (χ1n) is 21.6. The minimum Gasteiger partial charge on any atom is -0.484 e. The van der Waals surface area contributed by atoms with Gasteiger partial charge in [-0.1, -0.05) is 145 Å². The quantitative estimate of drug-likeness (QED) is 0.167. The van der Waals surface area contributed by atoms with Crippen LogP contribution in [0.3, 0.4) is 0 Å². The van der Waals surface area contributed by atoms with Gasteiger partial charge < -0.3 is 23.4 Å². The van der Waals surface area contributed by atoms with Crippen LogP contribution in [0.25, 0.3) is 60.3 Å². The van der Waals surface area contributed by atoms with Gasteiger partial charge in [0.25, 0.3) is 0 Å². The van der Waals surface area contributed by atoms with Gasteiger partial charge in [-0.2, -0.15) is 0 Å². The van der Waals surface area contributed by atoms with Gasteiger partial charge in [0.15, 0.2) is 11.2 Å². The first-order chi connectivity index (χ1) is 31.1. The van der Waals surface area contributed by atoms with Crippen LogP contribution in [0.5, 0.6) is 5.75 Å². The van der Waals surface area contributed by atoms with Crippen molar-refractivity contribution in [3.8, 4) is 5.75 Å². The molecule has 0 N–H and O–H groups in total. The van der Waals surface area contributed by atoms with Gasteiger partial charge in [0.2, 0.25) is 0 Å². The van der Waals surface area contributed by atoms with Crippen LogP contribution in [0.2, 0.25) is 0 Å². The molecule has 5 heteroatoms. The van der Waals surface area contributed by atoms with Crippen LogP contribution in [0, 0.1) is 13.8 Å². The Morgan fingerprint density at radius 2 is 0.937 bits per heavy atom. The molecule has 300 valence electrons. The Bertz CT molecular complexity index is 3650. The van der Waals surface area contributed by atoms with E-state index in [1.165, 1.54) is 16.7 Å². The third-order valence-electron chi connectivity index (χ3n) is 13.1. The molecule has 2 aromatic heterocycles. The number of aryl methyl sites for hydroxylation is 2. The van der Waals surface area contributed by atoms with Crippen LogP contribution in [0.15, 0.2) is 203 Å². The predicted octanol–water partition coefficient (Wildman–Crippen LogP) is 16.1. The molecule has 1 aliphatic carbocycles. The first kappa shape index (κ1) is 35.7. The van der Waals surface area contributed by atoms with Gasteiger partial charge in [0.1, 0.15) is 23.0 Å². The fraction of sp³-hybridized carbons (Fsp3) is 0.0690. The molecule has 0 saturated carbocycles. The van der Waals surface area contributed by atoms with E-state index in [0.29, 0.717) is 0 Å². The van der Waals surface area contributed by atoms with Crippen LogP contribution in [0.1, 0.15) is 39.8 Å². The maximum absolute atomic E-state index is 7.30. The molecule has 11 aromatic rings. The van der Waals surface area contributed by atoms with Gasteiger partial charge in [-0.3, -0.25) is 0 Å². The molecule has 0 fully saturated rings. The lowest BCUT2D eigenvalue weighted by atomic mass is 9.80. The van der Waals surface area contributed by atoms with Crippen molar-refractivity contribution in [1.29, 1.82) is 0 Å². The van der Waals surface area contributed by atoms with E-state index in [9.17, 15) is 0 Å². The number of para-hydroxylation sites is 4. The molecular formula is C58H40N2O3. The van der Waals surface area contributed by atoms with Crippen molar-refractivity contribution >= 4 is 88.8 Å². The molecule has 0 amide bonds. The summed E-state index contributed by atoms with van der Waals surface area (Å²) in [6.45, 7) is 4.27. The van der Waals surface area contributed by atoms with Crippen LogP contribution in [-0.2, 0) is 0 Å². The second-order valence-corrected chi connectivity index (χ2v) is 16.9. The topological polar surface area (TPSA) is 42.0 Å². The lowest BCUT2D eigenvalue weighted by molar-refractivity contribution is 0.223. The van der Waals surface area contributed by atoms with E-state index in [1.54, 1.807) is 0 Å². The van der Waals surface area contributed by atoms with Crippen molar-refractivity contribution in [1.82, 2.24) is 0 Å². The third-order valence-corrected chi connectivity index (χ3v) is 13.1. The largest absolute Gasteiger partial charge is 0.484 e. The third kappa shape index (κ3) is 5.42. The Balaban J connectivity index is 1.05. The highest BCUT2D eigenvalue weighted by atomic mass is 16.5. The number of anilines is 5.